The van der Waals surface area contributed by atoms with E-state index in [0.717, 1.165) is 22.4 Å². The van der Waals surface area contributed by atoms with Gasteiger partial charge in [0.25, 0.3) is 0 Å². The van der Waals surface area contributed by atoms with Gasteiger partial charge in [-0.25, -0.2) is 15.0 Å². The minimum absolute atomic E-state index is 0.0965. The minimum atomic E-state index is -0.0965. The first-order chi connectivity index (χ1) is 24.6. The maximum absolute atomic E-state index is 4.97. The van der Waals surface area contributed by atoms with Crippen molar-refractivity contribution in [3.8, 4) is 51.0 Å². The van der Waals surface area contributed by atoms with Crippen molar-refractivity contribution in [1.82, 2.24) is 19.5 Å². The molecule has 0 bridgehead atoms. The summed E-state index contributed by atoms with van der Waals surface area (Å²) in [5.74, 6) is 1.96. The third kappa shape index (κ3) is 4.21. The lowest BCUT2D eigenvalue weighted by molar-refractivity contribution is 0.645. The standard InChI is InChI=1S/C46H32N4/c1-46(2)36-21-11-9-19-34(36)42-40-32(18-13-22-37(40)46)28-39-41(42)35-20-10-12-23-38(35)50(39)33-26-24-31(25-27-33)45-48-43(29-14-5-3-6-15-29)47-44(49-45)30-16-7-4-8-17-30/h3-28H,1-2H3. The molecule has 0 unspecified atom stereocenters. The molecule has 4 nitrogen and oxygen atoms in total. The summed E-state index contributed by atoms with van der Waals surface area (Å²) in [6.07, 6.45) is 0. The average molecular weight is 641 g/mol. The van der Waals surface area contributed by atoms with Gasteiger partial charge in [-0.1, -0.05) is 135 Å². The normalized spacial score (nSPS) is 13.2. The van der Waals surface area contributed by atoms with Gasteiger partial charge >= 0.3 is 0 Å². The summed E-state index contributed by atoms with van der Waals surface area (Å²) in [5, 5.41) is 5.18. The van der Waals surface area contributed by atoms with Gasteiger partial charge in [-0.3, -0.25) is 0 Å². The van der Waals surface area contributed by atoms with Crippen molar-refractivity contribution < 1.29 is 0 Å². The molecule has 0 radical (unpaired) electrons. The van der Waals surface area contributed by atoms with E-state index in [1.54, 1.807) is 0 Å². The number of hydrogen-bond acceptors (Lipinski definition) is 3. The Morgan fingerprint density at radius 2 is 1.02 bits per heavy atom. The van der Waals surface area contributed by atoms with Crippen molar-refractivity contribution in [2.45, 2.75) is 19.3 Å². The number of rotatable bonds is 4. The van der Waals surface area contributed by atoms with Crippen molar-refractivity contribution in [2.24, 2.45) is 0 Å². The van der Waals surface area contributed by atoms with Crippen LogP contribution in [0, 0.1) is 0 Å². The van der Waals surface area contributed by atoms with Crippen LogP contribution in [0.5, 0.6) is 0 Å². The lowest BCUT2D eigenvalue weighted by Crippen LogP contribution is -2.23. The van der Waals surface area contributed by atoms with E-state index < -0.39 is 0 Å². The number of hydrogen-bond donors (Lipinski definition) is 0. The summed E-state index contributed by atoms with van der Waals surface area (Å²) in [4.78, 5) is 14.8. The zero-order valence-corrected chi connectivity index (χ0v) is 27.8. The first kappa shape index (κ1) is 28.6. The fraction of sp³-hybridized carbons (Fsp3) is 0.0652. The van der Waals surface area contributed by atoms with Gasteiger partial charge in [0.1, 0.15) is 0 Å². The summed E-state index contributed by atoms with van der Waals surface area (Å²) < 4.78 is 2.41. The van der Waals surface area contributed by atoms with Gasteiger partial charge < -0.3 is 4.57 Å². The molecule has 4 heteroatoms. The molecule has 10 rings (SSSR count). The number of benzene rings is 7. The first-order valence-electron chi connectivity index (χ1n) is 17.1. The summed E-state index contributed by atoms with van der Waals surface area (Å²) in [6, 6.07) is 55.9. The second-order valence-corrected chi connectivity index (χ2v) is 13.7. The maximum atomic E-state index is 4.97. The number of para-hydroxylation sites is 1. The Hall–Kier alpha value is -6.39. The van der Waals surface area contributed by atoms with Gasteiger partial charge in [0.2, 0.25) is 0 Å². The Bertz CT molecular complexity index is 2700. The number of aromatic nitrogens is 4. The fourth-order valence-corrected chi connectivity index (χ4v) is 8.06. The number of nitrogens with zero attached hydrogens (tertiary/aromatic N) is 4. The molecule has 50 heavy (non-hydrogen) atoms. The average Bonchev–Trinajstić information content (AvgIpc) is 3.51. The smallest absolute Gasteiger partial charge is 0.164 e. The van der Waals surface area contributed by atoms with Gasteiger partial charge in [-0.2, -0.15) is 0 Å². The molecule has 2 aromatic heterocycles. The number of fused-ring (bicyclic) bond motifs is 6. The predicted molar refractivity (Wildman–Crippen MR) is 206 cm³/mol. The first-order valence-corrected chi connectivity index (χ1v) is 17.1. The van der Waals surface area contributed by atoms with E-state index in [9.17, 15) is 0 Å². The van der Waals surface area contributed by atoms with E-state index in [-0.39, 0.29) is 5.41 Å². The molecular weight excluding hydrogens is 609 g/mol. The van der Waals surface area contributed by atoms with Crippen LogP contribution in [0.25, 0.3) is 83.6 Å². The van der Waals surface area contributed by atoms with Crippen LogP contribution >= 0.6 is 0 Å². The van der Waals surface area contributed by atoms with Gasteiger partial charge in [0.15, 0.2) is 17.5 Å². The van der Waals surface area contributed by atoms with Gasteiger partial charge in [-0.05, 0) is 63.9 Å². The van der Waals surface area contributed by atoms with Crippen molar-refractivity contribution in [3.63, 3.8) is 0 Å². The largest absolute Gasteiger partial charge is 0.309 e. The van der Waals surface area contributed by atoms with Crippen LogP contribution in [0.15, 0.2) is 158 Å². The topological polar surface area (TPSA) is 43.6 Å². The fourth-order valence-electron chi connectivity index (χ4n) is 8.06. The summed E-state index contributed by atoms with van der Waals surface area (Å²) in [5.41, 5.74) is 11.6. The van der Waals surface area contributed by atoms with Crippen LogP contribution in [0.2, 0.25) is 0 Å². The molecule has 0 amide bonds. The third-order valence-corrected chi connectivity index (χ3v) is 10.4. The second-order valence-electron chi connectivity index (χ2n) is 13.7. The zero-order valence-electron chi connectivity index (χ0n) is 27.8. The second kappa shape index (κ2) is 10.8. The highest BCUT2D eigenvalue weighted by molar-refractivity contribution is 6.24. The highest BCUT2D eigenvalue weighted by Gasteiger charge is 2.35. The third-order valence-electron chi connectivity index (χ3n) is 10.4. The van der Waals surface area contributed by atoms with Gasteiger partial charge in [0, 0.05) is 44.1 Å². The van der Waals surface area contributed by atoms with Crippen LogP contribution in [0.1, 0.15) is 25.0 Å². The van der Waals surface area contributed by atoms with Crippen LogP contribution < -0.4 is 0 Å². The monoisotopic (exact) mass is 640 g/mol. The molecule has 236 valence electrons. The Morgan fingerprint density at radius 3 is 1.70 bits per heavy atom. The molecule has 9 aromatic rings. The summed E-state index contributed by atoms with van der Waals surface area (Å²) in [6.45, 7) is 4.72. The van der Waals surface area contributed by atoms with Gasteiger partial charge in [-0.15, -0.1) is 0 Å². The lowest BCUT2D eigenvalue weighted by Gasteiger charge is -2.35. The molecule has 0 N–H and O–H groups in total. The molecular formula is C46H32N4. The van der Waals surface area contributed by atoms with E-state index in [1.165, 1.54) is 54.8 Å². The molecule has 0 saturated carbocycles. The molecule has 0 spiro atoms. The van der Waals surface area contributed by atoms with Crippen LogP contribution in [0.4, 0.5) is 0 Å². The molecule has 7 aromatic carbocycles. The Labute approximate surface area is 290 Å². The van der Waals surface area contributed by atoms with Crippen LogP contribution in [-0.4, -0.2) is 19.5 Å². The lowest BCUT2D eigenvalue weighted by atomic mass is 9.68. The molecule has 1 aliphatic rings. The minimum Gasteiger partial charge on any atom is -0.309 e. The summed E-state index contributed by atoms with van der Waals surface area (Å²) in [7, 11) is 0. The zero-order chi connectivity index (χ0) is 33.4. The van der Waals surface area contributed by atoms with Crippen molar-refractivity contribution >= 4 is 32.6 Å². The molecule has 1 aliphatic carbocycles. The maximum Gasteiger partial charge on any atom is 0.164 e. The Morgan fingerprint density at radius 1 is 0.460 bits per heavy atom. The highest BCUT2D eigenvalue weighted by Crippen LogP contribution is 2.52. The van der Waals surface area contributed by atoms with E-state index in [1.807, 2.05) is 60.7 Å². The molecule has 0 saturated heterocycles. The van der Waals surface area contributed by atoms with Crippen molar-refractivity contribution in [2.75, 3.05) is 0 Å². The SMILES string of the molecule is CC1(C)c2ccccc2-c2c3c1cccc3cc1c2c2ccccc2n1-c1ccc(-c2nc(-c3ccccc3)nc(-c3ccccc3)n2)cc1. The highest BCUT2D eigenvalue weighted by atomic mass is 15.0. The molecule has 0 fully saturated rings. The van der Waals surface area contributed by atoms with E-state index in [2.05, 4.69) is 115 Å². The van der Waals surface area contributed by atoms with Gasteiger partial charge in [0.05, 0.1) is 11.0 Å². The van der Waals surface area contributed by atoms with Crippen molar-refractivity contribution in [3.05, 3.63) is 169 Å². The molecule has 0 aliphatic heterocycles. The van der Waals surface area contributed by atoms with Crippen LogP contribution in [0.3, 0.4) is 0 Å². The predicted octanol–water partition coefficient (Wildman–Crippen LogP) is 11.4. The summed E-state index contributed by atoms with van der Waals surface area (Å²) >= 11 is 0. The van der Waals surface area contributed by atoms with Crippen molar-refractivity contribution in [1.29, 1.82) is 0 Å². The Kier molecular flexibility index (Phi) is 6.19. The van der Waals surface area contributed by atoms with E-state index >= 15 is 0 Å². The van der Waals surface area contributed by atoms with E-state index in [0.29, 0.717) is 17.5 Å². The Balaban J connectivity index is 1.19. The van der Waals surface area contributed by atoms with E-state index in [4.69, 9.17) is 15.0 Å². The quantitative estimate of drug-likeness (QED) is 0.192. The molecule has 2 heterocycles. The molecule has 0 atom stereocenters. The van der Waals surface area contributed by atoms with Crippen LogP contribution in [-0.2, 0) is 5.41 Å².